The topological polar surface area (TPSA) is 4.93 Å². The lowest BCUT2D eigenvalue weighted by Gasteiger charge is -1.86. The highest BCUT2D eigenvalue weighted by Crippen LogP contribution is 1.78. The maximum absolute atomic E-state index is 2.88. The second-order valence-electron chi connectivity index (χ2n) is 1.36. The van der Waals surface area contributed by atoms with Crippen LogP contribution in [0.4, 0.5) is 0 Å². The smallest absolute Gasteiger partial charge is 0.0280 e. The molecule has 0 aliphatic carbocycles. The molecule has 0 amide bonds. The molecule has 1 heteroatoms. The van der Waals surface area contributed by atoms with Gasteiger partial charge < -0.3 is 4.57 Å². The molecule has 0 radical (unpaired) electrons. The molecule has 0 saturated heterocycles. The van der Waals surface area contributed by atoms with Crippen LogP contribution in [0.1, 0.15) is 6.92 Å². The molecule has 1 heterocycles. The van der Waals surface area contributed by atoms with Crippen molar-refractivity contribution in [2.45, 2.75) is 13.5 Å². The molecule has 0 unspecified atom stereocenters. The fourth-order valence-corrected chi connectivity index (χ4v) is 0.469. The predicted octanol–water partition coefficient (Wildman–Crippen LogP) is 1.11. The van der Waals surface area contributed by atoms with Crippen LogP contribution in [0.3, 0.4) is 0 Å². The Hall–Kier alpha value is -0.900. The first-order valence-corrected chi connectivity index (χ1v) is 2.38. The molecular weight excluding hydrogens is 86.1 g/mol. The average molecular weight is 93.1 g/mol. The van der Waals surface area contributed by atoms with Crippen molar-refractivity contribution in [3.05, 3.63) is 24.5 Å². The highest BCUT2D eigenvalue weighted by molar-refractivity contribution is 4.77. The van der Waals surface area contributed by atoms with Crippen LogP contribution in [0.15, 0.2) is 12.3 Å². The van der Waals surface area contributed by atoms with Gasteiger partial charge in [-0.25, -0.2) is 0 Å². The minimum Gasteiger partial charge on any atom is -0.308 e. The molecule has 0 aromatic carbocycles. The molecule has 7 heavy (non-hydrogen) atoms. The van der Waals surface area contributed by atoms with Crippen LogP contribution in [0.5, 0.6) is 0 Å². The molecule has 0 aliphatic rings. The number of nitrogens with zero attached hydrogens (tertiary/aromatic N) is 1. The quantitative estimate of drug-likeness (QED) is 0.490. The van der Waals surface area contributed by atoms with Crippen molar-refractivity contribution < 1.29 is 0 Å². The zero-order valence-electron chi connectivity index (χ0n) is 4.31. The lowest BCUT2D eigenvalue weighted by atomic mass is 10.7. The van der Waals surface area contributed by atoms with E-state index in [2.05, 4.69) is 19.2 Å². The van der Waals surface area contributed by atoms with E-state index in [0.717, 1.165) is 6.54 Å². The third-order valence-corrected chi connectivity index (χ3v) is 0.887. The van der Waals surface area contributed by atoms with E-state index in [9.17, 15) is 0 Å². The van der Waals surface area contributed by atoms with Crippen LogP contribution < -0.4 is 0 Å². The Morgan fingerprint density at radius 3 is 2.86 bits per heavy atom. The van der Waals surface area contributed by atoms with Crippen molar-refractivity contribution in [2.24, 2.45) is 0 Å². The van der Waals surface area contributed by atoms with Crippen molar-refractivity contribution >= 4 is 0 Å². The maximum Gasteiger partial charge on any atom is 0.0280 e. The fraction of sp³-hybridized carbons (Fsp3) is 0.333. The first-order valence-electron chi connectivity index (χ1n) is 2.38. The van der Waals surface area contributed by atoms with Crippen LogP contribution in [0.2, 0.25) is 0 Å². The molecule has 1 rings (SSSR count). The zero-order chi connectivity index (χ0) is 5.11. The first-order chi connectivity index (χ1) is 3.43. The molecule has 0 N–H and O–H groups in total. The largest absolute Gasteiger partial charge is 0.308 e. The molecule has 0 spiro atoms. The standard InChI is InChI=1S/C6H7N/c1-2-7-5-3-4-6-7/h3,5H,2H2,1H3. The fourth-order valence-electron chi connectivity index (χ4n) is 0.469. The van der Waals surface area contributed by atoms with Crippen LogP contribution in [-0.2, 0) is 6.54 Å². The van der Waals surface area contributed by atoms with Gasteiger partial charge in [-0.3, -0.25) is 0 Å². The summed E-state index contributed by atoms with van der Waals surface area (Å²) in [5.41, 5.74) is 0. The number of hydrogen-bond donors (Lipinski definition) is 0. The van der Waals surface area contributed by atoms with Crippen LogP contribution in [0.25, 0.3) is 0 Å². The maximum atomic E-state index is 2.88. The Morgan fingerprint density at radius 1 is 1.71 bits per heavy atom. The summed E-state index contributed by atoms with van der Waals surface area (Å²) in [6, 6.07) is 4.67. The number of rotatable bonds is 1. The second kappa shape index (κ2) is 1.70. The van der Waals surface area contributed by atoms with Gasteiger partial charge in [-0.05, 0) is 13.0 Å². The summed E-state index contributed by atoms with van der Waals surface area (Å²) in [5.74, 6) is 0. The summed E-state index contributed by atoms with van der Waals surface area (Å²) in [6.07, 6.45) is 4.82. The van der Waals surface area contributed by atoms with Crippen LogP contribution >= 0.6 is 0 Å². The van der Waals surface area contributed by atoms with Gasteiger partial charge in [-0.15, -0.1) is 0 Å². The molecule has 0 fully saturated rings. The van der Waals surface area contributed by atoms with E-state index >= 15 is 0 Å². The van der Waals surface area contributed by atoms with Crippen molar-refractivity contribution in [1.29, 1.82) is 0 Å². The number of aromatic nitrogens is 1. The van der Waals surface area contributed by atoms with Gasteiger partial charge in [0.15, 0.2) is 0 Å². The summed E-state index contributed by atoms with van der Waals surface area (Å²) >= 11 is 0. The van der Waals surface area contributed by atoms with Crippen LogP contribution in [-0.4, -0.2) is 4.57 Å². The summed E-state index contributed by atoms with van der Waals surface area (Å²) < 4.78 is 1.94. The molecule has 0 aliphatic heterocycles. The lowest BCUT2D eigenvalue weighted by molar-refractivity contribution is 0.768. The molecule has 0 atom stereocenters. The average Bonchev–Trinajstić information content (AvgIpc) is 2.14. The van der Waals surface area contributed by atoms with Gasteiger partial charge in [-0.1, -0.05) is 0 Å². The van der Waals surface area contributed by atoms with Crippen molar-refractivity contribution in [3.8, 4) is 0 Å². The molecule has 0 saturated carbocycles. The second-order valence-corrected chi connectivity index (χ2v) is 1.36. The minimum absolute atomic E-state index is 0.990. The molecule has 1 nitrogen and oxygen atoms in total. The minimum atomic E-state index is 0.990. The normalized spacial score (nSPS) is 8.14. The Morgan fingerprint density at radius 2 is 2.57 bits per heavy atom. The SMILES string of the molecule is CCn1c#ccc1. The number of hydrogen-bond acceptors (Lipinski definition) is 0. The molecule has 36 valence electrons. The van der Waals surface area contributed by atoms with Gasteiger partial charge in [0.2, 0.25) is 0 Å². The summed E-state index contributed by atoms with van der Waals surface area (Å²) in [4.78, 5) is 0. The monoisotopic (exact) mass is 93.1 g/mol. The van der Waals surface area contributed by atoms with Gasteiger partial charge >= 0.3 is 0 Å². The van der Waals surface area contributed by atoms with Gasteiger partial charge in [0.25, 0.3) is 0 Å². The van der Waals surface area contributed by atoms with Crippen LogP contribution in [0, 0.1) is 12.3 Å². The third-order valence-electron chi connectivity index (χ3n) is 0.887. The van der Waals surface area contributed by atoms with Gasteiger partial charge in [0.1, 0.15) is 0 Å². The van der Waals surface area contributed by atoms with Crippen molar-refractivity contribution in [2.75, 3.05) is 0 Å². The Bertz CT molecular complexity index is 119. The van der Waals surface area contributed by atoms with E-state index in [-0.39, 0.29) is 0 Å². The van der Waals surface area contributed by atoms with E-state index in [1.165, 1.54) is 0 Å². The zero-order valence-corrected chi connectivity index (χ0v) is 4.31. The molecule has 0 bridgehead atoms. The Kier molecular flexibility index (Phi) is 1.04. The first kappa shape index (κ1) is 4.26. The highest BCUT2D eigenvalue weighted by Gasteiger charge is 1.73. The molecular formula is C6H7N. The Balaban J connectivity index is 2.76. The van der Waals surface area contributed by atoms with E-state index in [4.69, 9.17) is 0 Å². The van der Waals surface area contributed by atoms with Crippen molar-refractivity contribution in [1.82, 2.24) is 4.57 Å². The van der Waals surface area contributed by atoms with Gasteiger partial charge in [0.05, 0.1) is 0 Å². The lowest BCUT2D eigenvalue weighted by Crippen LogP contribution is -1.85. The molecule has 1 aromatic heterocycles. The summed E-state index contributed by atoms with van der Waals surface area (Å²) in [6.45, 7) is 3.06. The van der Waals surface area contributed by atoms with E-state index in [1.807, 2.05) is 16.8 Å². The van der Waals surface area contributed by atoms with E-state index in [1.54, 1.807) is 0 Å². The Labute approximate surface area is 43.6 Å². The highest BCUT2D eigenvalue weighted by atomic mass is 14.9. The van der Waals surface area contributed by atoms with E-state index < -0.39 is 0 Å². The van der Waals surface area contributed by atoms with Gasteiger partial charge in [-0.2, -0.15) is 0 Å². The third kappa shape index (κ3) is 0.747. The molecule has 1 aromatic rings. The summed E-state index contributed by atoms with van der Waals surface area (Å²) in [7, 11) is 0. The van der Waals surface area contributed by atoms with E-state index in [0.29, 0.717) is 0 Å². The predicted molar refractivity (Wildman–Crippen MR) is 27.8 cm³/mol. The van der Waals surface area contributed by atoms with Gasteiger partial charge in [0, 0.05) is 25.0 Å². The number of aryl methyl sites for hydroxylation is 1. The summed E-state index contributed by atoms with van der Waals surface area (Å²) in [5, 5.41) is 0. The van der Waals surface area contributed by atoms with Crippen molar-refractivity contribution in [3.63, 3.8) is 0 Å².